The predicted octanol–water partition coefficient (Wildman–Crippen LogP) is -0.321. The lowest BCUT2D eigenvalue weighted by atomic mass is 10.2. The molecule has 0 aromatic carbocycles. The average molecular weight is 375 g/mol. The Hall–Kier alpha value is -0.520. The van der Waals surface area contributed by atoms with Gasteiger partial charge in [0.05, 0.1) is 4.75 Å². The molecule has 0 spiro atoms. The molecule has 0 aliphatic rings. The number of rotatable bonds is 5. The van der Waals surface area contributed by atoms with Crippen LogP contribution in [0, 0.1) is 0 Å². The third-order valence-electron chi connectivity index (χ3n) is 2.68. The molecule has 0 saturated carbocycles. The number of sulfonamides is 1. The molecule has 0 bridgehead atoms. The second-order valence-corrected chi connectivity index (χ2v) is 9.75. The molecule has 1 aromatic rings. The van der Waals surface area contributed by atoms with Gasteiger partial charge in [0.15, 0.2) is 14.4 Å². The summed E-state index contributed by atoms with van der Waals surface area (Å²) in [6.45, 7) is 2.65. The average Bonchev–Trinajstić information content (AvgIpc) is 2.55. The zero-order chi connectivity index (χ0) is 15.1. The van der Waals surface area contributed by atoms with Gasteiger partial charge in [-0.15, -0.1) is 5.10 Å². The van der Waals surface area contributed by atoms with Crippen LogP contribution in [0.5, 0.6) is 0 Å². The third kappa shape index (κ3) is 3.52. The number of aromatic nitrogens is 3. The van der Waals surface area contributed by atoms with Crippen LogP contribution in [-0.2, 0) is 26.9 Å². The van der Waals surface area contributed by atoms with E-state index in [1.165, 1.54) is 20.9 Å². The highest BCUT2D eigenvalue weighted by atomic mass is 79.9. The molecule has 1 heterocycles. The first-order valence-electron chi connectivity index (χ1n) is 5.13. The highest BCUT2D eigenvalue weighted by Crippen LogP contribution is 2.19. The van der Waals surface area contributed by atoms with E-state index in [0.29, 0.717) is 0 Å². The van der Waals surface area contributed by atoms with Crippen LogP contribution in [-0.4, -0.2) is 49.4 Å². The summed E-state index contributed by atoms with van der Waals surface area (Å²) in [7, 11) is -5.86. The fourth-order valence-electron chi connectivity index (χ4n) is 1.08. The highest BCUT2D eigenvalue weighted by Gasteiger charge is 2.33. The molecule has 0 aliphatic heterocycles. The number of nitrogens with zero attached hydrogens (tertiary/aromatic N) is 3. The van der Waals surface area contributed by atoms with Crippen LogP contribution in [0.3, 0.4) is 0 Å². The third-order valence-corrected chi connectivity index (χ3v) is 7.12. The lowest BCUT2D eigenvalue weighted by Crippen LogP contribution is -2.44. The van der Waals surface area contributed by atoms with Crippen molar-refractivity contribution in [3.63, 3.8) is 0 Å². The molecular formula is C8H15BrN4O4S2. The summed E-state index contributed by atoms with van der Waals surface area (Å²) in [4.78, 5) is 0. The van der Waals surface area contributed by atoms with Gasteiger partial charge in [-0.05, 0) is 29.8 Å². The van der Waals surface area contributed by atoms with Gasteiger partial charge in [0.1, 0.15) is 0 Å². The van der Waals surface area contributed by atoms with Gasteiger partial charge in [-0.2, -0.15) is 0 Å². The second kappa shape index (κ2) is 5.11. The summed E-state index contributed by atoms with van der Waals surface area (Å²) >= 11 is 2.98. The summed E-state index contributed by atoms with van der Waals surface area (Å²) in [6.07, 6.45) is 1.06. The van der Waals surface area contributed by atoms with Gasteiger partial charge in [-0.1, -0.05) is 5.21 Å². The molecule has 0 fully saturated rings. The van der Waals surface area contributed by atoms with Crippen molar-refractivity contribution >= 4 is 35.8 Å². The molecule has 19 heavy (non-hydrogen) atoms. The fraction of sp³-hybridized carbons (Fsp3) is 0.750. The van der Waals surface area contributed by atoms with Crippen molar-refractivity contribution in [2.24, 2.45) is 7.05 Å². The Kier molecular flexibility index (Phi) is 4.45. The number of halogens is 1. The number of hydrogen-bond acceptors (Lipinski definition) is 6. The monoisotopic (exact) mass is 374 g/mol. The van der Waals surface area contributed by atoms with Crippen molar-refractivity contribution in [3.05, 3.63) is 4.60 Å². The van der Waals surface area contributed by atoms with E-state index in [1.54, 1.807) is 0 Å². The van der Waals surface area contributed by atoms with E-state index >= 15 is 0 Å². The highest BCUT2D eigenvalue weighted by molar-refractivity contribution is 9.10. The van der Waals surface area contributed by atoms with Crippen molar-refractivity contribution < 1.29 is 16.8 Å². The molecule has 0 radical (unpaired) electrons. The zero-order valence-corrected chi connectivity index (χ0v) is 14.1. The SMILES string of the molecule is Cn1nnc(Br)c1S(=O)(=O)NCC(C)(C)S(C)(=O)=O. The topological polar surface area (TPSA) is 111 Å². The van der Waals surface area contributed by atoms with Gasteiger partial charge in [0.25, 0.3) is 10.0 Å². The maximum atomic E-state index is 12.1. The molecule has 110 valence electrons. The van der Waals surface area contributed by atoms with Crippen LogP contribution >= 0.6 is 15.9 Å². The Morgan fingerprint density at radius 1 is 1.32 bits per heavy atom. The minimum atomic E-state index is -3.90. The Bertz CT molecular complexity index is 658. The smallest absolute Gasteiger partial charge is 0.235 e. The molecule has 1 aromatic heterocycles. The van der Waals surface area contributed by atoms with Crippen molar-refractivity contribution in [1.29, 1.82) is 0 Å². The van der Waals surface area contributed by atoms with Crippen LogP contribution in [0.25, 0.3) is 0 Å². The van der Waals surface area contributed by atoms with Crippen LogP contribution in [0.4, 0.5) is 0 Å². The Morgan fingerprint density at radius 3 is 2.21 bits per heavy atom. The fourth-order valence-corrected chi connectivity index (χ4v) is 3.80. The van der Waals surface area contributed by atoms with E-state index in [4.69, 9.17) is 0 Å². The Morgan fingerprint density at radius 2 is 1.84 bits per heavy atom. The summed E-state index contributed by atoms with van der Waals surface area (Å²) in [5.74, 6) is 0. The number of hydrogen-bond donors (Lipinski definition) is 1. The van der Waals surface area contributed by atoms with Crippen LogP contribution < -0.4 is 4.72 Å². The molecule has 1 N–H and O–H groups in total. The van der Waals surface area contributed by atoms with Gasteiger partial charge in [-0.3, -0.25) is 0 Å². The van der Waals surface area contributed by atoms with E-state index in [2.05, 4.69) is 31.0 Å². The summed E-state index contributed by atoms with van der Waals surface area (Å²) < 4.78 is 49.4. The molecule has 11 heteroatoms. The van der Waals surface area contributed by atoms with E-state index in [1.807, 2.05) is 0 Å². The molecule has 8 nitrogen and oxygen atoms in total. The van der Waals surface area contributed by atoms with E-state index < -0.39 is 24.6 Å². The molecule has 0 aliphatic carbocycles. The molecule has 1 rings (SSSR count). The lowest BCUT2D eigenvalue weighted by molar-refractivity contribution is 0.530. The first kappa shape index (κ1) is 16.5. The largest absolute Gasteiger partial charge is 0.260 e. The van der Waals surface area contributed by atoms with E-state index in [9.17, 15) is 16.8 Å². The number of sulfone groups is 1. The molecule has 0 amide bonds. The maximum absolute atomic E-state index is 12.1. The normalized spacial score (nSPS) is 13.7. The van der Waals surface area contributed by atoms with E-state index in [0.717, 1.165) is 10.9 Å². The lowest BCUT2D eigenvalue weighted by Gasteiger charge is -2.22. The van der Waals surface area contributed by atoms with Gasteiger partial charge in [0, 0.05) is 19.8 Å². The molecule has 0 saturated heterocycles. The van der Waals surface area contributed by atoms with Crippen molar-refractivity contribution in [3.8, 4) is 0 Å². The van der Waals surface area contributed by atoms with Crippen molar-refractivity contribution in [2.75, 3.05) is 12.8 Å². The minimum absolute atomic E-state index is 0.0691. The molecule has 0 atom stereocenters. The minimum Gasteiger partial charge on any atom is -0.235 e. The Labute approximate surface area is 120 Å². The quantitative estimate of drug-likeness (QED) is 0.755. The van der Waals surface area contributed by atoms with Gasteiger partial charge < -0.3 is 0 Å². The standard InChI is InChI=1S/C8H15BrN4O4S2/c1-8(2,18(4,14)15)5-10-19(16,17)7-6(9)11-12-13(7)3/h10H,5H2,1-4H3. The van der Waals surface area contributed by atoms with Gasteiger partial charge in [-0.25, -0.2) is 26.2 Å². The predicted molar refractivity (Wildman–Crippen MR) is 72.8 cm³/mol. The zero-order valence-electron chi connectivity index (χ0n) is 10.9. The number of nitrogens with one attached hydrogen (secondary N) is 1. The second-order valence-electron chi connectivity index (χ2n) is 4.67. The summed E-state index contributed by atoms with van der Waals surface area (Å²) in [6, 6.07) is 0. The van der Waals surface area contributed by atoms with Gasteiger partial charge >= 0.3 is 0 Å². The maximum Gasteiger partial charge on any atom is 0.260 e. The number of aryl methyl sites for hydroxylation is 1. The van der Waals surface area contributed by atoms with Crippen LogP contribution in [0.15, 0.2) is 9.63 Å². The van der Waals surface area contributed by atoms with Crippen molar-refractivity contribution in [1.82, 2.24) is 19.7 Å². The van der Waals surface area contributed by atoms with Crippen molar-refractivity contribution in [2.45, 2.75) is 23.6 Å². The Balaban J connectivity index is 3.02. The first-order valence-corrected chi connectivity index (χ1v) is 9.30. The molecular weight excluding hydrogens is 360 g/mol. The van der Waals surface area contributed by atoms with Crippen LogP contribution in [0.1, 0.15) is 13.8 Å². The van der Waals surface area contributed by atoms with E-state index in [-0.39, 0.29) is 16.2 Å². The first-order chi connectivity index (χ1) is 8.38. The van der Waals surface area contributed by atoms with Crippen LogP contribution in [0.2, 0.25) is 0 Å². The summed E-state index contributed by atoms with van der Waals surface area (Å²) in [5, 5.41) is 6.97. The molecule has 0 unspecified atom stereocenters. The summed E-state index contributed by atoms with van der Waals surface area (Å²) in [5.41, 5.74) is 0. The van der Waals surface area contributed by atoms with Gasteiger partial charge in [0.2, 0.25) is 5.03 Å².